The third kappa shape index (κ3) is 4.21. The highest BCUT2D eigenvalue weighted by atomic mass is 32.2. The van der Waals surface area contributed by atoms with Crippen LogP contribution >= 0.6 is 11.3 Å². The van der Waals surface area contributed by atoms with Gasteiger partial charge in [-0.3, -0.25) is 4.79 Å². The zero-order valence-corrected chi connectivity index (χ0v) is 15.9. The van der Waals surface area contributed by atoms with Crippen molar-refractivity contribution in [2.24, 2.45) is 0 Å². The van der Waals surface area contributed by atoms with Crippen LogP contribution in [0.2, 0.25) is 0 Å². The second kappa shape index (κ2) is 7.44. The summed E-state index contributed by atoms with van der Waals surface area (Å²) < 4.78 is 25.1. The van der Waals surface area contributed by atoms with Gasteiger partial charge in [-0.05, 0) is 19.1 Å². The van der Waals surface area contributed by atoms with Crippen molar-refractivity contribution in [3.05, 3.63) is 46.4 Å². The van der Waals surface area contributed by atoms with Gasteiger partial charge in [0.25, 0.3) is 0 Å². The number of carbonyl (C=O) groups excluding carboxylic acids is 1. The smallest absolute Gasteiger partial charge is 0.244 e. The average Bonchev–Trinajstić information content (AvgIpc) is 3.01. The fourth-order valence-corrected chi connectivity index (χ4v) is 4.41. The van der Waals surface area contributed by atoms with Crippen molar-refractivity contribution >= 4 is 32.8 Å². The van der Waals surface area contributed by atoms with Crippen LogP contribution in [0, 0.1) is 0 Å². The van der Waals surface area contributed by atoms with Crippen LogP contribution < -0.4 is 4.90 Å². The molecule has 1 aromatic heterocycles. The van der Waals surface area contributed by atoms with E-state index in [1.807, 2.05) is 19.9 Å². The molecule has 130 valence electrons. The van der Waals surface area contributed by atoms with Gasteiger partial charge in [-0.1, -0.05) is 32.0 Å². The molecule has 0 unspecified atom stereocenters. The molecule has 0 radical (unpaired) electrons. The summed E-state index contributed by atoms with van der Waals surface area (Å²) in [5.41, 5.74) is 1.17. The van der Waals surface area contributed by atoms with E-state index in [1.165, 1.54) is 23.2 Å². The molecule has 7 heteroatoms. The van der Waals surface area contributed by atoms with E-state index >= 15 is 0 Å². The highest BCUT2D eigenvalue weighted by Crippen LogP contribution is 2.22. The van der Waals surface area contributed by atoms with Gasteiger partial charge < -0.3 is 4.90 Å². The fourth-order valence-electron chi connectivity index (χ4n) is 2.19. The van der Waals surface area contributed by atoms with Gasteiger partial charge in [-0.25, -0.2) is 13.4 Å². The largest absolute Gasteiger partial charge is 0.314 e. The van der Waals surface area contributed by atoms with Crippen LogP contribution in [0.5, 0.6) is 0 Å². The minimum Gasteiger partial charge on any atom is -0.314 e. The third-order valence-electron chi connectivity index (χ3n) is 3.77. The zero-order valence-electron chi connectivity index (χ0n) is 14.3. The van der Waals surface area contributed by atoms with Crippen LogP contribution in [-0.4, -0.2) is 31.6 Å². The van der Waals surface area contributed by atoms with E-state index in [9.17, 15) is 13.2 Å². The van der Waals surface area contributed by atoms with Crippen LogP contribution in [-0.2, 0) is 20.4 Å². The van der Waals surface area contributed by atoms with Crippen LogP contribution in [0.25, 0.3) is 0 Å². The maximum Gasteiger partial charge on any atom is 0.244 e. The number of nitrogens with zero attached hydrogens (tertiary/aromatic N) is 2. The molecule has 0 aliphatic heterocycles. The van der Waals surface area contributed by atoms with Crippen molar-refractivity contribution in [2.45, 2.75) is 37.7 Å². The van der Waals surface area contributed by atoms with Crippen molar-refractivity contribution in [1.29, 1.82) is 0 Å². The maximum absolute atomic E-state index is 12.6. The summed E-state index contributed by atoms with van der Waals surface area (Å²) in [6, 6.07) is 9.00. The first-order chi connectivity index (χ1) is 11.2. The molecule has 0 spiro atoms. The number of anilines is 1. The number of benzene rings is 1. The Morgan fingerprint density at radius 2 is 1.83 bits per heavy atom. The molecule has 0 saturated carbocycles. The van der Waals surface area contributed by atoms with Gasteiger partial charge in [0.15, 0.2) is 9.84 Å². The molecule has 1 aromatic carbocycles. The molecule has 1 atom stereocenters. The molecular weight excluding hydrogens is 344 g/mol. The molecule has 1 heterocycles. The Kier molecular flexibility index (Phi) is 5.77. The zero-order chi connectivity index (χ0) is 17.9. The second-order valence-corrected chi connectivity index (χ2v) is 9.23. The van der Waals surface area contributed by atoms with Gasteiger partial charge >= 0.3 is 0 Å². The lowest BCUT2D eigenvalue weighted by Gasteiger charge is -2.21. The van der Waals surface area contributed by atoms with Gasteiger partial charge in [-0.15, -0.1) is 11.3 Å². The Labute approximate surface area is 147 Å². The lowest BCUT2D eigenvalue weighted by Crippen LogP contribution is -2.39. The highest BCUT2D eigenvalue weighted by molar-refractivity contribution is 7.92. The van der Waals surface area contributed by atoms with Crippen LogP contribution in [0.3, 0.4) is 0 Å². The Hall–Kier alpha value is -1.73. The number of thiazole rings is 1. The Balaban J connectivity index is 2.14. The van der Waals surface area contributed by atoms with Crippen LogP contribution in [0.1, 0.15) is 37.4 Å². The van der Waals surface area contributed by atoms with Gasteiger partial charge in [0.1, 0.15) is 5.25 Å². The van der Waals surface area contributed by atoms with Gasteiger partial charge in [0.2, 0.25) is 5.91 Å². The van der Waals surface area contributed by atoms with Crippen LogP contribution in [0.15, 0.2) is 35.7 Å². The molecule has 0 bridgehead atoms. The fraction of sp³-hybridized carbons (Fsp3) is 0.412. The summed E-state index contributed by atoms with van der Waals surface area (Å²) >= 11 is 1.45. The van der Waals surface area contributed by atoms with Crippen molar-refractivity contribution in [3.8, 4) is 0 Å². The van der Waals surface area contributed by atoms with Gasteiger partial charge in [0, 0.05) is 24.0 Å². The summed E-state index contributed by atoms with van der Waals surface area (Å²) in [5, 5.41) is 1.54. The molecule has 0 aliphatic rings. The first-order valence-electron chi connectivity index (χ1n) is 7.71. The predicted molar refractivity (Wildman–Crippen MR) is 98.1 cm³/mol. The number of hydrogen-bond donors (Lipinski definition) is 0. The number of hydrogen-bond acceptors (Lipinski definition) is 5. The number of para-hydroxylation sites is 1. The Morgan fingerprint density at radius 1 is 1.21 bits per heavy atom. The van der Waals surface area contributed by atoms with E-state index in [0.717, 1.165) is 5.01 Å². The monoisotopic (exact) mass is 366 g/mol. The first kappa shape index (κ1) is 18.6. The summed E-state index contributed by atoms with van der Waals surface area (Å²) in [4.78, 5) is 18.3. The molecule has 0 aliphatic carbocycles. The average molecular weight is 367 g/mol. The summed E-state index contributed by atoms with van der Waals surface area (Å²) in [6.07, 6.45) is 0. The standard InChI is InChI=1S/C17H22N2O3S2/c1-12(2)16-18-14(10-23-16)11-24(21,22)13(3)17(20)19(4)15-8-6-5-7-9-15/h5-10,12-13H,11H2,1-4H3/t13-/m1/s1. The summed E-state index contributed by atoms with van der Waals surface area (Å²) in [5.74, 6) is -0.401. The van der Waals surface area contributed by atoms with Crippen molar-refractivity contribution < 1.29 is 13.2 Å². The number of sulfone groups is 1. The molecular formula is C17H22N2O3S2. The Morgan fingerprint density at radius 3 is 2.38 bits per heavy atom. The van der Waals surface area contributed by atoms with Crippen molar-refractivity contribution in [3.63, 3.8) is 0 Å². The van der Waals surface area contributed by atoms with E-state index in [2.05, 4.69) is 4.98 Å². The van der Waals surface area contributed by atoms with E-state index in [0.29, 0.717) is 11.4 Å². The number of amides is 1. The molecule has 0 fully saturated rings. The molecule has 1 amide bonds. The van der Waals surface area contributed by atoms with E-state index in [1.54, 1.807) is 36.7 Å². The molecule has 0 N–H and O–H groups in total. The maximum atomic E-state index is 12.6. The van der Waals surface area contributed by atoms with E-state index in [4.69, 9.17) is 0 Å². The second-order valence-electron chi connectivity index (χ2n) is 6.01. The lowest BCUT2D eigenvalue weighted by atomic mass is 10.2. The number of carbonyl (C=O) groups is 1. The minimum absolute atomic E-state index is 0.217. The van der Waals surface area contributed by atoms with Crippen molar-refractivity contribution in [2.75, 3.05) is 11.9 Å². The molecule has 5 nitrogen and oxygen atoms in total. The topological polar surface area (TPSA) is 67.3 Å². The molecule has 2 aromatic rings. The molecule has 0 saturated heterocycles. The van der Waals surface area contributed by atoms with Crippen molar-refractivity contribution in [1.82, 2.24) is 4.98 Å². The molecule has 24 heavy (non-hydrogen) atoms. The summed E-state index contributed by atoms with van der Waals surface area (Å²) in [6.45, 7) is 5.46. The van der Waals surface area contributed by atoms with E-state index < -0.39 is 21.0 Å². The number of aromatic nitrogens is 1. The van der Waals surface area contributed by atoms with Gasteiger partial charge in [0.05, 0.1) is 16.5 Å². The normalized spacial score (nSPS) is 13.0. The quantitative estimate of drug-likeness (QED) is 0.787. The highest BCUT2D eigenvalue weighted by Gasteiger charge is 2.31. The minimum atomic E-state index is -3.62. The summed E-state index contributed by atoms with van der Waals surface area (Å²) in [7, 11) is -2.04. The van der Waals surface area contributed by atoms with Crippen LogP contribution in [0.4, 0.5) is 5.69 Å². The van der Waals surface area contributed by atoms with Gasteiger partial charge in [-0.2, -0.15) is 0 Å². The Bertz CT molecular complexity index is 798. The lowest BCUT2D eigenvalue weighted by molar-refractivity contribution is -0.117. The molecule has 2 rings (SSSR count). The van der Waals surface area contributed by atoms with E-state index in [-0.39, 0.29) is 11.7 Å². The first-order valence-corrected chi connectivity index (χ1v) is 10.3. The predicted octanol–water partition coefficient (Wildman–Crippen LogP) is 3.23. The number of rotatable bonds is 6. The third-order valence-corrected chi connectivity index (χ3v) is 6.94. The SMILES string of the molecule is CC(C)c1nc(CS(=O)(=O)[C@H](C)C(=O)N(C)c2ccccc2)cs1.